The summed E-state index contributed by atoms with van der Waals surface area (Å²) in [5.41, 5.74) is 2.20. The second-order valence-corrected chi connectivity index (χ2v) is 12.0. The molecule has 4 atom stereocenters. The summed E-state index contributed by atoms with van der Waals surface area (Å²) in [6, 6.07) is 23.1. The number of nitrogens with one attached hydrogen (secondary N) is 1. The van der Waals surface area contributed by atoms with Gasteiger partial charge in [0.15, 0.2) is 0 Å². The lowest BCUT2D eigenvalue weighted by atomic mass is 9.57. The zero-order valence-electron chi connectivity index (χ0n) is 22.3. The third-order valence-electron chi connectivity index (χ3n) is 8.81. The summed E-state index contributed by atoms with van der Waals surface area (Å²) in [5, 5.41) is 5.70. The van der Waals surface area contributed by atoms with Gasteiger partial charge in [0.25, 0.3) is 5.91 Å². The Balaban J connectivity index is 1.41. The number of rotatable bonds is 6. The predicted molar refractivity (Wildman–Crippen MR) is 147 cm³/mol. The first kappa shape index (κ1) is 24.8. The standard InChI is InChI=1S/C32H40N2O2/c1-23(2)21-34(3)17-16-32(27-10-7-11-30(19-27)36-4)20-29(15-14-28(32)22-34)33-31(35)26-13-12-24-8-5-6-9-25(24)18-26/h5-13,18-19,23,28-29H,14-17,20-22H2,1-4H3/p+1/t28?,29-,32+,34-/m0/s1. The fraction of sp³-hybridized carbons (Fsp3) is 0.469. The van der Waals surface area contributed by atoms with Crippen LogP contribution in [0.15, 0.2) is 66.7 Å². The third-order valence-corrected chi connectivity index (χ3v) is 8.81. The van der Waals surface area contributed by atoms with Crippen molar-refractivity contribution in [3.05, 3.63) is 77.9 Å². The van der Waals surface area contributed by atoms with Crippen molar-refractivity contribution in [1.29, 1.82) is 0 Å². The number of quaternary nitrogens is 1. The maximum absolute atomic E-state index is 13.3. The molecule has 0 spiro atoms. The number of ether oxygens (including phenoxy) is 1. The molecule has 1 saturated heterocycles. The van der Waals surface area contributed by atoms with E-state index in [1.54, 1.807) is 7.11 Å². The van der Waals surface area contributed by atoms with Crippen molar-refractivity contribution in [2.45, 2.75) is 51.0 Å². The molecule has 1 amide bonds. The first-order valence-electron chi connectivity index (χ1n) is 13.6. The Labute approximate surface area is 216 Å². The molecule has 2 fully saturated rings. The third kappa shape index (κ3) is 4.88. The van der Waals surface area contributed by atoms with Crippen LogP contribution >= 0.6 is 0 Å². The van der Waals surface area contributed by atoms with Crippen molar-refractivity contribution < 1.29 is 14.0 Å². The molecule has 190 valence electrons. The second-order valence-electron chi connectivity index (χ2n) is 12.0. The van der Waals surface area contributed by atoms with Gasteiger partial charge in [-0.05, 0) is 59.9 Å². The van der Waals surface area contributed by atoms with E-state index in [4.69, 9.17) is 4.74 Å². The number of hydrogen-bond donors (Lipinski definition) is 1. The summed E-state index contributed by atoms with van der Waals surface area (Å²) < 4.78 is 6.78. The summed E-state index contributed by atoms with van der Waals surface area (Å²) in [4.78, 5) is 13.3. The number of likely N-dealkylation sites (tertiary alicyclic amines) is 1. The molecule has 0 aromatic heterocycles. The lowest BCUT2D eigenvalue weighted by Crippen LogP contribution is -2.62. The van der Waals surface area contributed by atoms with E-state index in [0.717, 1.165) is 52.3 Å². The van der Waals surface area contributed by atoms with E-state index in [1.165, 1.54) is 25.2 Å². The maximum atomic E-state index is 13.3. The molecule has 2 aliphatic rings. The van der Waals surface area contributed by atoms with Gasteiger partial charge in [-0.1, -0.05) is 56.3 Å². The minimum Gasteiger partial charge on any atom is -0.497 e. The van der Waals surface area contributed by atoms with Gasteiger partial charge in [-0.2, -0.15) is 0 Å². The molecule has 5 rings (SSSR count). The molecule has 3 aromatic rings. The Morgan fingerprint density at radius 2 is 1.86 bits per heavy atom. The smallest absolute Gasteiger partial charge is 0.251 e. The number of fused-ring (bicyclic) bond motifs is 2. The van der Waals surface area contributed by atoms with Gasteiger partial charge in [0.2, 0.25) is 0 Å². The fourth-order valence-electron chi connectivity index (χ4n) is 7.25. The molecule has 0 radical (unpaired) electrons. The minimum absolute atomic E-state index is 0.0428. The largest absolute Gasteiger partial charge is 0.497 e. The van der Waals surface area contributed by atoms with Crippen LogP contribution in [0.5, 0.6) is 5.75 Å². The van der Waals surface area contributed by atoms with E-state index in [0.29, 0.717) is 11.8 Å². The van der Waals surface area contributed by atoms with Gasteiger partial charge in [0.05, 0.1) is 33.8 Å². The maximum Gasteiger partial charge on any atom is 0.251 e. The van der Waals surface area contributed by atoms with Crippen molar-refractivity contribution in [2.75, 3.05) is 33.8 Å². The Morgan fingerprint density at radius 1 is 1.06 bits per heavy atom. The van der Waals surface area contributed by atoms with E-state index in [9.17, 15) is 4.79 Å². The Kier molecular flexibility index (Phi) is 6.82. The summed E-state index contributed by atoms with van der Waals surface area (Å²) in [6.07, 6.45) is 4.32. The Hall–Kier alpha value is -2.85. The highest BCUT2D eigenvalue weighted by molar-refractivity contribution is 5.98. The van der Waals surface area contributed by atoms with Crippen LogP contribution in [0, 0.1) is 11.8 Å². The van der Waals surface area contributed by atoms with Crippen LogP contribution in [0.3, 0.4) is 0 Å². The molecule has 1 aliphatic carbocycles. The summed E-state index contributed by atoms with van der Waals surface area (Å²) in [7, 11) is 4.20. The predicted octanol–water partition coefficient (Wildman–Crippen LogP) is 6.19. The van der Waals surface area contributed by atoms with Crippen molar-refractivity contribution in [3.8, 4) is 5.75 Å². The van der Waals surface area contributed by atoms with Crippen LogP contribution < -0.4 is 10.1 Å². The Bertz CT molecular complexity index is 1240. The lowest BCUT2D eigenvalue weighted by molar-refractivity contribution is -0.922. The molecule has 1 heterocycles. The highest BCUT2D eigenvalue weighted by Gasteiger charge is 2.52. The summed E-state index contributed by atoms with van der Waals surface area (Å²) in [5.74, 6) is 2.27. The monoisotopic (exact) mass is 485 g/mol. The molecule has 4 nitrogen and oxygen atoms in total. The van der Waals surface area contributed by atoms with E-state index in [1.807, 2.05) is 36.4 Å². The zero-order chi connectivity index (χ0) is 25.3. The van der Waals surface area contributed by atoms with Gasteiger partial charge in [-0.25, -0.2) is 0 Å². The number of piperidine rings is 1. The molecule has 4 heteroatoms. The number of amides is 1. The van der Waals surface area contributed by atoms with Crippen LogP contribution in [-0.4, -0.2) is 50.2 Å². The molecule has 0 bridgehead atoms. The SMILES string of the molecule is COc1cccc([C@]23CC[N@@+](C)(CC(C)C)CC2CC[C@H](NC(=O)c2ccc4ccccc4c2)C3)c1. The van der Waals surface area contributed by atoms with Gasteiger partial charge in [0, 0.05) is 35.3 Å². The lowest BCUT2D eigenvalue weighted by Gasteiger charge is -2.55. The van der Waals surface area contributed by atoms with Crippen LogP contribution in [0.1, 0.15) is 55.5 Å². The van der Waals surface area contributed by atoms with Crippen molar-refractivity contribution in [3.63, 3.8) is 0 Å². The van der Waals surface area contributed by atoms with E-state index in [2.05, 4.69) is 56.5 Å². The number of benzene rings is 3. The van der Waals surface area contributed by atoms with E-state index in [-0.39, 0.29) is 17.4 Å². The van der Waals surface area contributed by atoms with Crippen molar-refractivity contribution in [2.24, 2.45) is 11.8 Å². The van der Waals surface area contributed by atoms with Gasteiger partial charge in [-0.3, -0.25) is 4.79 Å². The van der Waals surface area contributed by atoms with Crippen LogP contribution in [0.4, 0.5) is 0 Å². The highest BCUT2D eigenvalue weighted by Crippen LogP contribution is 2.51. The minimum atomic E-state index is 0.0428. The van der Waals surface area contributed by atoms with Crippen LogP contribution in [0.2, 0.25) is 0 Å². The topological polar surface area (TPSA) is 38.3 Å². The first-order valence-corrected chi connectivity index (χ1v) is 13.6. The second kappa shape index (κ2) is 9.89. The molecular weight excluding hydrogens is 444 g/mol. The van der Waals surface area contributed by atoms with E-state index < -0.39 is 0 Å². The molecule has 3 aromatic carbocycles. The average molecular weight is 486 g/mol. The van der Waals surface area contributed by atoms with Crippen molar-refractivity contribution >= 4 is 16.7 Å². The molecular formula is C32H41N2O2+. The number of hydrogen-bond acceptors (Lipinski definition) is 2. The average Bonchev–Trinajstić information content (AvgIpc) is 2.88. The molecule has 1 aliphatic heterocycles. The molecule has 36 heavy (non-hydrogen) atoms. The number of carbonyl (C=O) groups excluding carboxylic acids is 1. The van der Waals surface area contributed by atoms with Gasteiger partial charge in [0.1, 0.15) is 5.75 Å². The highest BCUT2D eigenvalue weighted by atomic mass is 16.5. The number of nitrogens with zero attached hydrogens (tertiary/aromatic N) is 1. The molecule has 1 saturated carbocycles. The van der Waals surface area contributed by atoms with Crippen molar-refractivity contribution in [1.82, 2.24) is 5.32 Å². The number of carbonyl (C=O) groups is 1. The fourth-order valence-corrected chi connectivity index (χ4v) is 7.25. The first-order chi connectivity index (χ1) is 17.3. The van der Waals surface area contributed by atoms with Gasteiger partial charge < -0.3 is 14.5 Å². The van der Waals surface area contributed by atoms with Gasteiger partial charge in [-0.15, -0.1) is 0 Å². The van der Waals surface area contributed by atoms with Crippen LogP contribution in [0.25, 0.3) is 10.8 Å². The molecule has 1 N–H and O–H groups in total. The quantitative estimate of drug-likeness (QED) is 0.423. The normalized spacial score (nSPS) is 28.0. The van der Waals surface area contributed by atoms with Crippen LogP contribution in [-0.2, 0) is 5.41 Å². The summed E-state index contributed by atoms with van der Waals surface area (Å²) >= 11 is 0. The number of methoxy groups -OCH3 is 1. The van der Waals surface area contributed by atoms with Gasteiger partial charge >= 0.3 is 0 Å². The summed E-state index contributed by atoms with van der Waals surface area (Å²) in [6.45, 7) is 8.30. The van der Waals surface area contributed by atoms with E-state index >= 15 is 0 Å². The Morgan fingerprint density at radius 3 is 2.64 bits per heavy atom. The molecule has 1 unspecified atom stereocenters. The zero-order valence-corrected chi connectivity index (χ0v) is 22.3.